The summed E-state index contributed by atoms with van der Waals surface area (Å²) in [5, 5.41) is 9.07. The number of hydrogen-bond acceptors (Lipinski definition) is 5. The highest BCUT2D eigenvalue weighted by molar-refractivity contribution is 8.00. The van der Waals surface area contributed by atoms with Crippen molar-refractivity contribution in [3.63, 3.8) is 0 Å². The van der Waals surface area contributed by atoms with Crippen LogP contribution < -0.4 is 4.74 Å². The lowest BCUT2D eigenvalue weighted by atomic mass is 10.0. The maximum Gasteiger partial charge on any atom is 0.446 e. The van der Waals surface area contributed by atoms with Gasteiger partial charge in [-0.2, -0.15) is 27.2 Å². The molecule has 0 radical (unpaired) electrons. The topological polar surface area (TPSA) is 59.3 Å². The van der Waals surface area contributed by atoms with E-state index >= 15 is 0 Å². The molecule has 0 N–H and O–H groups in total. The lowest BCUT2D eigenvalue weighted by molar-refractivity contribution is -0.142. The van der Waals surface area contributed by atoms with E-state index in [1.54, 1.807) is 0 Å². The Morgan fingerprint density at radius 3 is 2.52 bits per heavy atom. The van der Waals surface area contributed by atoms with Gasteiger partial charge in [-0.3, -0.25) is 4.79 Å². The monoisotopic (exact) mass is 355 g/mol. The Morgan fingerprint density at radius 2 is 2.04 bits per heavy atom. The summed E-state index contributed by atoms with van der Waals surface area (Å²) in [5.41, 5.74) is -5.45. The van der Waals surface area contributed by atoms with Gasteiger partial charge in [-0.25, -0.2) is 0 Å². The third-order valence-electron chi connectivity index (χ3n) is 2.39. The van der Waals surface area contributed by atoms with E-state index in [0.29, 0.717) is 0 Å². The smallest absolute Gasteiger partial charge is 0.446 e. The van der Waals surface area contributed by atoms with Crippen molar-refractivity contribution in [3.8, 4) is 11.8 Å². The van der Waals surface area contributed by atoms with Crippen LogP contribution in [0.15, 0.2) is 17.0 Å². The summed E-state index contributed by atoms with van der Waals surface area (Å²) in [5.74, 6) is -1.54. The van der Waals surface area contributed by atoms with E-state index in [0.717, 1.165) is 12.1 Å². The minimum absolute atomic E-state index is 0.0530. The molecule has 0 aliphatic carbocycles. The Hall–Kier alpha value is -2.02. The van der Waals surface area contributed by atoms with Crippen molar-refractivity contribution in [1.29, 1.82) is 5.26 Å². The van der Waals surface area contributed by atoms with Crippen LogP contribution in [-0.2, 0) is 16.0 Å². The standard InChI is InChI=1S/C13H10F5NO3S/c1-2-21-10(20)5-7-3-4-9(22-12(14)15)11(8(7)6-19)23-13(16,17)18/h3-4,12H,2,5H2,1H3. The lowest BCUT2D eigenvalue weighted by Crippen LogP contribution is -2.11. The fourth-order valence-electron chi connectivity index (χ4n) is 1.65. The molecule has 1 rings (SSSR count). The van der Waals surface area contributed by atoms with E-state index in [4.69, 9.17) is 5.26 Å². The molecule has 0 bridgehead atoms. The van der Waals surface area contributed by atoms with E-state index in [2.05, 4.69) is 9.47 Å². The first kappa shape index (κ1) is 19.0. The number of ether oxygens (including phenoxy) is 2. The van der Waals surface area contributed by atoms with Crippen molar-refractivity contribution in [2.75, 3.05) is 6.61 Å². The number of thioether (sulfide) groups is 1. The van der Waals surface area contributed by atoms with Gasteiger partial charge in [-0.05, 0) is 30.3 Å². The highest BCUT2D eigenvalue weighted by atomic mass is 32.2. The number of esters is 1. The zero-order valence-corrected chi connectivity index (χ0v) is 12.4. The van der Waals surface area contributed by atoms with Crippen LogP contribution in [0.1, 0.15) is 18.1 Å². The molecule has 0 saturated carbocycles. The number of nitrogens with zero attached hydrogens (tertiary/aromatic N) is 1. The van der Waals surface area contributed by atoms with Crippen LogP contribution in [0.25, 0.3) is 0 Å². The number of hydrogen-bond donors (Lipinski definition) is 0. The molecule has 0 aliphatic rings. The third-order valence-corrected chi connectivity index (χ3v) is 3.23. The van der Waals surface area contributed by atoms with Gasteiger partial charge in [0.1, 0.15) is 11.8 Å². The van der Waals surface area contributed by atoms with Crippen molar-refractivity contribution in [2.45, 2.75) is 30.4 Å². The second kappa shape index (κ2) is 8.01. The molecule has 0 atom stereocenters. The number of carbonyl (C=O) groups is 1. The molecule has 10 heteroatoms. The summed E-state index contributed by atoms with van der Waals surface area (Å²) in [6.07, 6.45) is -0.461. The van der Waals surface area contributed by atoms with Crippen LogP contribution in [0.3, 0.4) is 0 Å². The molecule has 0 fully saturated rings. The SMILES string of the molecule is CCOC(=O)Cc1ccc(OC(F)F)c(SC(F)(F)F)c1C#N. The number of nitriles is 1. The normalized spacial score (nSPS) is 11.2. The lowest BCUT2D eigenvalue weighted by Gasteiger charge is -2.15. The Morgan fingerprint density at radius 1 is 1.39 bits per heavy atom. The quantitative estimate of drug-likeness (QED) is 0.440. The van der Waals surface area contributed by atoms with Crippen LogP contribution in [0.4, 0.5) is 22.0 Å². The van der Waals surface area contributed by atoms with Crippen molar-refractivity contribution in [3.05, 3.63) is 23.3 Å². The maximum atomic E-state index is 12.6. The molecule has 0 aliphatic heterocycles. The number of halogens is 5. The summed E-state index contributed by atoms with van der Waals surface area (Å²) in [6, 6.07) is 3.43. The fourth-order valence-corrected chi connectivity index (χ4v) is 2.37. The first-order chi connectivity index (χ1) is 10.7. The minimum atomic E-state index is -4.83. The molecule has 4 nitrogen and oxygen atoms in total. The predicted octanol–water partition coefficient (Wildman–Crippen LogP) is 3.88. The molecular weight excluding hydrogens is 345 g/mol. The van der Waals surface area contributed by atoms with Gasteiger partial charge in [-0.1, -0.05) is 6.07 Å². The van der Waals surface area contributed by atoms with Gasteiger partial charge in [0.25, 0.3) is 0 Å². The number of rotatable bonds is 6. The van der Waals surface area contributed by atoms with Crippen molar-refractivity contribution in [2.24, 2.45) is 0 Å². The van der Waals surface area contributed by atoms with E-state index in [-0.39, 0.29) is 12.2 Å². The first-order valence-corrected chi connectivity index (χ1v) is 6.91. The summed E-state index contributed by atoms with van der Waals surface area (Å²) in [4.78, 5) is 10.6. The number of carbonyl (C=O) groups excluding carboxylic acids is 1. The molecule has 0 spiro atoms. The van der Waals surface area contributed by atoms with Gasteiger partial charge < -0.3 is 9.47 Å². The van der Waals surface area contributed by atoms with Crippen molar-refractivity contribution >= 4 is 17.7 Å². The molecule has 0 heterocycles. The Labute approximate surface area is 132 Å². The number of alkyl halides is 5. The fraction of sp³-hybridized carbons (Fsp3) is 0.385. The Balaban J connectivity index is 3.33. The molecular formula is C13H10F5NO3S. The molecule has 0 saturated heterocycles. The second-order valence-electron chi connectivity index (χ2n) is 3.95. The summed E-state index contributed by atoms with van der Waals surface area (Å²) in [7, 11) is 0. The van der Waals surface area contributed by atoms with E-state index < -0.39 is 52.5 Å². The van der Waals surface area contributed by atoms with E-state index in [9.17, 15) is 26.7 Å². The molecule has 126 valence electrons. The Bertz CT molecular complexity index is 613. The van der Waals surface area contributed by atoms with Crippen LogP contribution >= 0.6 is 11.8 Å². The molecule has 1 aromatic rings. The highest BCUT2D eigenvalue weighted by Crippen LogP contribution is 2.44. The summed E-state index contributed by atoms with van der Waals surface area (Å²) < 4.78 is 71.1. The largest absolute Gasteiger partial charge is 0.466 e. The average Bonchev–Trinajstić information content (AvgIpc) is 2.40. The Kier molecular flexibility index (Phi) is 6.62. The van der Waals surface area contributed by atoms with Gasteiger partial charge in [0.2, 0.25) is 0 Å². The summed E-state index contributed by atoms with van der Waals surface area (Å²) in [6.45, 7) is -1.77. The number of benzene rings is 1. The second-order valence-corrected chi connectivity index (χ2v) is 5.02. The molecule has 23 heavy (non-hydrogen) atoms. The molecule has 1 aromatic carbocycles. The van der Waals surface area contributed by atoms with Crippen LogP contribution in [0.2, 0.25) is 0 Å². The van der Waals surface area contributed by atoms with Crippen LogP contribution in [0, 0.1) is 11.3 Å². The molecule has 0 amide bonds. The van der Waals surface area contributed by atoms with Crippen LogP contribution in [-0.4, -0.2) is 24.7 Å². The van der Waals surface area contributed by atoms with Gasteiger partial charge in [-0.15, -0.1) is 0 Å². The van der Waals surface area contributed by atoms with Gasteiger partial charge in [0.05, 0.1) is 23.5 Å². The van der Waals surface area contributed by atoms with Gasteiger partial charge >= 0.3 is 18.1 Å². The van der Waals surface area contributed by atoms with Gasteiger partial charge in [0, 0.05) is 0 Å². The van der Waals surface area contributed by atoms with E-state index in [1.165, 1.54) is 13.0 Å². The van der Waals surface area contributed by atoms with Crippen LogP contribution in [0.5, 0.6) is 5.75 Å². The van der Waals surface area contributed by atoms with Gasteiger partial charge in [0.15, 0.2) is 0 Å². The zero-order chi connectivity index (χ0) is 17.6. The predicted molar refractivity (Wildman–Crippen MR) is 70.0 cm³/mol. The maximum absolute atomic E-state index is 12.6. The first-order valence-electron chi connectivity index (χ1n) is 6.10. The zero-order valence-electron chi connectivity index (χ0n) is 11.6. The third kappa shape index (κ3) is 5.94. The summed E-state index contributed by atoms with van der Waals surface area (Å²) >= 11 is -0.758. The molecule has 0 unspecified atom stereocenters. The van der Waals surface area contributed by atoms with E-state index in [1.807, 2.05) is 0 Å². The van der Waals surface area contributed by atoms with Crippen molar-refractivity contribution in [1.82, 2.24) is 0 Å². The minimum Gasteiger partial charge on any atom is -0.466 e. The molecule has 0 aromatic heterocycles. The van der Waals surface area contributed by atoms with Crippen molar-refractivity contribution < 1.29 is 36.2 Å². The average molecular weight is 355 g/mol. The highest BCUT2D eigenvalue weighted by Gasteiger charge is 2.34.